The van der Waals surface area contributed by atoms with Gasteiger partial charge in [-0.2, -0.15) is 0 Å². The number of carboxylic acid groups (broad SMARTS) is 1. The van der Waals surface area contributed by atoms with Gasteiger partial charge in [-0.1, -0.05) is 12.1 Å². The van der Waals surface area contributed by atoms with Crippen LogP contribution in [0.1, 0.15) is 12.0 Å². The Morgan fingerprint density at radius 3 is 2.95 bits per heavy atom. The molecular weight excluding hydrogens is 272 g/mol. The van der Waals surface area contributed by atoms with E-state index in [0.717, 1.165) is 12.5 Å². The van der Waals surface area contributed by atoms with Crippen LogP contribution in [0.4, 0.5) is 10.5 Å². The smallest absolute Gasteiger partial charge is 0.328 e. The minimum absolute atomic E-state index is 0.0973. The lowest BCUT2D eigenvalue weighted by molar-refractivity contribution is -0.131. The number of likely N-dealkylation sites (N-methyl/N-ethyl adjacent to an activating group) is 1. The number of aliphatic carboxylic acids is 1. The van der Waals surface area contributed by atoms with Gasteiger partial charge in [0.15, 0.2) is 0 Å². The van der Waals surface area contributed by atoms with Gasteiger partial charge >= 0.3 is 12.0 Å². The zero-order valence-electron chi connectivity index (χ0n) is 11.8. The standard InChI is InChI=1S/C15H18N2O4/c1-17(13-7-8-21-10-13)15(20)16-12-4-2-3-11(9-12)5-6-14(18)19/h2-6,9,13H,7-8,10H2,1H3,(H,16,20)(H,18,19)/b6-5+. The second-order valence-electron chi connectivity index (χ2n) is 4.86. The molecule has 1 atom stereocenters. The Morgan fingerprint density at radius 2 is 2.29 bits per heavy atom. The average molecular weight is 290 g/mol. The molecule has 2 amide bonds. The van der Waals surface area contributed by atoms with Gasteiger partial charge in [-0.05, 0) is 30.2 Å². The summed E-state index contributed by atoms with van der Waals surface area (Å²) in [6.45, 7) is 1.24. The van der Waals surface area contributed by atoms with Crippen LogP contribution in [0.2, 0.25) is 0 Å². The molecule has 0 bridgehead atoms. The highest BCUT2D eigenvalue weighted by atomic mass is 16.5. The molecule has 0 saturated carbocycles. The van der Waals surface area contributed by atoms with Gasteiger partial charge in [-0.25, -0.2) is 9.59 Å². The Kier molecular flexibility index (Phi) is 4.94. The molecule has 1 heterocycles. The molecule has 6 heteroatoms. The number of urea groups is 1. The van der Waals surface area contributed by atoms with E-state index in [1.165, 1.54) is 6.08 Å². The van der Waals surface area contributed by atoms with Crippen molar-refractivity contribution in [2.24, 2.45) is 0 Å². The highest BCUT2D eigenvalue weighted by Crippen LogP contribution is 2.15. The van der Waals surface area contributed by atoms with Gasteiger partial charge in [-0.3, -0.25) is 0 Å². The van der Waals surface area contributed by atoms with Crippen molar-refractivity contribution in [3.8, 4) is 0 Å². The number of anilines is 1. The van der Waals surface area contributed by atoms with Crippen molar-refractivity contribution in [3.05, 3.63) is 35.9 Å². The van der Waals surface area contributed by atoms with Crippen LogP contribution in [-0.2, 0) is 9.53 Å². The zero-order chi connectivity index (χ0) is 15.2. The first-order chi connectivity index (χ1) is 10.1. The summed E-state index contributed by atoms with van der Waals surface area (Å²) in [5.41, 5.74) is 1.33. The largest absolute Gasteiger partial charge is 0.478 e. The van der Waals surface area contributed by atoms with Crippen LogP contribution in [0.3, 0.4) is 0 Å². The first-order valence-corrected chi connectivity index (χ1v) is 6.69. The Balaban J connectivity index is 2.00. The quantitative estimate of drug-likeness (QED) is 0.832. The molecule has 1 aliphatic rings. The minimum atomic E-state index is -1.01. The Morgan fingerprint density at radius 1 is 1.48 bits per heavy atom. The van der Waals surface area contributed by atoms with Crippen molar-refractivity contribution in [2.75, 3.05) is 25.6 Å². The van der Waals surface area contributed by atoms with E-state index in [1.807, 2.05) is 0 Å². The molecule has 1 aromatic carbocycles. The first-order valence-electron chi connectivity index (χ1n) is 6.69. The summed E-state index contributed by atoms with van der Waals surface area (Å²) in [6, 6.07) is 6.90. The number of hydrogen-bond donors (Lipinski definition) is 2. The lowest BCUT2D eigenvalue weighted by Gasteiger charge is -2.23. The zero-order valence-corrected chi connectivity index (χ0v) is 11.8. The van der Waals surface area contributed by atoms with E-state index in [9.17, 15) is 9.59 Å². The molecule has 6 nitrogen and oxygen atoms in total. The number of nitrogens with zero attached hydrogens (tertiary/aromatic N) is 1. The fourth-order valence-electron chi connectivity index (χ4n) is 2.09. The lowest BCUT2D eigenvalue weighted by atomic mass is 10.2. The SMILES string of the molecule is CN(C(=O)Nc1cccc(/C=C/C(=O)O)c1)C1CCOC1. The number of amides is 2. The van der Waals surface area contributed by atoms with E-state index in [-0.39, 0.29) is 12.1 Å². The van der Waals surface area contributed by atoms with Crippen molar-refractivity contribution < 1.29 is 19.4 Å². The van der Waals surface area contributed by atoms with Crippen LogP contribution in [0.15, 0.2) is 30.3 Å². The summed E-state index contributed by atoms with van der Waals surface area (Å²) < 4.78 is 5.27. The molecule has 1 saturated heterocycles. The highest BCUT2D eigenvalue weighted by molar-refractivity contribution is 5.90. The van der Waals surface area contributed by atoms with Gasteiger partial charge in [0.25, 0.3) is 0 Å². The lowest BCUT2D eigenvalue weighted by Crippen LogP contribution is -2.40. The molecule has 1 fully saturated rings. The van der Waals surface area contributed by atoms with Crippen LogP contribution in [-0.4, -0.2) is 48.3 Å². The molecule has 1 aliphatic heterocycles. The van der Waals surface area contributed by atoms with Gasteiger partial charge < -0.3 is 20.1 Å². The van der Waals surface area contributed by atoms with Gasteiger partial charge in [0, 0.05) is 25.4 Å². The summed E-state index contributed by atoms with van der Waals surface area (Å²) in [7, 11) is 1.74. The number of carbonyl (C=O) groups excluding carboxylic acids is 1. The molecule has 1 unspecified atom stereocenters. The van der Waals surface area contributed by atoms with Crippen LogP contribution < -0.4 is 5.32 Å². The first kappa shape index (κ1) is 15.1. The second-order valence-corrected chi connectivity index (χ2v) is 4.86. The van der Waals surface area contributed by atoms with E-state index in [4.69, 9.17) is 9.84 Å². The molecular formula is C15H18N2O4. The number of hydrogen-bond acceptors (Lipinski definition) is 3. The predicted molar refractivity (Wildman–Crippen MR) is 79.1 cm³/mol. The molecule has 21 heavy (non-hydrogen) atoms. The molecule has 2 rings (SSSR count). The summed E-state index contributed by atoms with van der Waals surface area (Å²) in [6.07, 6.45) is 3.38. The van der Waals surface area contributed by atoms with E-state index in [2.05, 4.69) is 5.32 Å². The Labute approximate surface area is 123 Å². The molecule has 0 spiro atoms. The van der Waals surface area contributed by atoms with Crippen LogP contribution in [0, 0.1) is 0 Å². The highest BCUT2D eigenvalue weighted by Gasteiger charge is 2.23. The normalized spacial score (nSPS) is 17.9. The molecule has 0 radical (unpaired) electrons. The maximum Gasteiger partial charge on any atom is 0.328 e. The molecule has 0 aliphatic carbocycles. The van der Waals surface area contributed by atoms with Gasteiger partial charge in [-0.15, -0.1) is 0 Å². The molecule has 2 N–H and O–H groups in total. The van der Waals surface area contributed by atoms with Crippen molar-refractivity contribution in [1.29, 1.82) is 0 Å². The third-order valence-electron chi connectivity index (χ3n) is 3.33. The van der Waals surface area contributed by atoms with Crippen molar-refractivity contribution >= 4 is 23.8 Å². The minimum Gasteiger partial charge on any atom is -0.478 e. The van der Waals surface area contributed by atoms with E-state index in [1.54, 1.807) is 36.2 Å². The maximum absolute atomic E-state index is 12.1. The van der Waals surface area contributed by atoms with E-state index >= 15 is 0 Å². The number of carboxylic acids is 1. The second kappa shape index (κ2) is 6.90. The van der Waals surface area contributed by atoms with Crippen molar-refractivity contribution in [1.82, 2.24) is 4.90 Å². The Bertz CT molecular complexity index is 550. The number of rotatable bonds is 4. The summed E-state index contributed by atoms with van der Waals surface area (Å²) in [4.78, 5) is 24.3. The third-order valence-corrected chi connectivity index (χ3v) is 3.33. The number of benzene rings is 1. The summed E-state index contributed by atoms with van der Waals surface area (Å²) in [5.74, 6) is -1.01. The monoisotopic (exact) mass is 290 g/mol. The van der Waals surface area contributed by atoms with E-state index in [0.29, 0.717) is 24.5 Å². The van der Waals surface area contributed by atoms with Crippen LogP contribution in [0.5, 0.6) is 0 Å². The van der Waals surface area contributed by atoms with Crippen molar-refractivity contribution in [2.45, 2.75) is 12.5 Å². The molecule has 0 aromatic heterocycles. The number of nitrogens with one attached hydrogen (secondary N) is 1. The summed E-state index contributed by atoms with van der Waals surface area (Å²) in [5, 5.41) is 11.4. The van der Waals surface area contributed by atoms with Gasteiger partial charge in [0.2, 0.25) is 0 Å². The van der Waals surface area contributed by atoms with E-state index < -0.39 is 5.97 Å². The topological polar surface area (TPSA) is 78.9 Å². The van der Waals surface area contributed by atoms with Crippen LogP contribution >= 0.6 is 0 Å². The number of ether oxygens (including phenoxy) is 1. The maximum atomic E-state index is 12.1. The van der Waals surface area contributed by atoms with Crippen molar-refractivity contribution in [3.63, 3.8) is 0 Å². The average Bonchev–Trinajstić information content (AvgIpc) is 2.98. The Hall–Kier alpha value is -2.34. The third kappa shape index (κ3) is 4.32. The molecule has 112 valence electrons. The van der Waals surface area contributed by atoms with Crippen LogP contribution in [0.25, 0.3) is 6.08 Å². The fraction of sp³-hybridized carbons (Fsp3) is 0.333. The molecule has 1 aromatic rings. The van der Waals surface area contributed by atoms with Gasteiger partial charge in [0.05, 0.1) is 12.6 Å². The number of carbonyl (C=O) groups is 2. The fourth-order valence-corrected chi connectivity index (χ4v) is 2.09. The van der Waals surface area contributed by atoms with Gasteiger partial charge in [0.1, 0.15) is 0 Å². The predicted octanol–water partition coefficient (Wildman–Crippen LogP) is 2.04. The summed E-state index contributed by atoms with van der Waals surface area (Å²) >= 11 is 0.